The first-order valence-electron chi connectivity index (χ1n) is 11.4. The summed E-state index contributed by atoms with van der Waals surface area (Å²) in [7, 11) is 0. The highest BCUT2D eigenvalue weighted by Gasteiger charge is 2.46. The van der Waals surface area contributed by atoms with Gasteiger partial charge in [-0.1, -0.05) is 36.6 Å². The molecule has 0 bridgehead atoms. The zero-order chi connectivity index (χ0) is 21.4. The molecular weight excluding hydrogens is 364 g/mol. The minimum atomic E-state index is -0.730. The Morgan fingerprint density at radius 3 is 2.66 bits per heavy atom. The van der Waals surface area contributed by atoms with Crippen molar-refractivity contribution in [1.82, 2.24) is 0 Å². The molecule has 0 amide bonds. The van der Waals surface area contributed by atoms with E-state index in [9.17, 15) is 15.0 Å². The molecule has 1 fully saturated rings. The molecule has 0 spiro atoms. The normalized spacial score (nSPS) is 27.4. The molecule has 0 aliphatic heterocycles. The number of aliphatic carboxylic acids is 1. The Balaban J connectivity index is 1.80. The first-order chi connectivity index (χ1) is 13.8. The summed E-state index contributed by atoms with van der Waals surface area (Å²) in [4.78, 5) is 10.6. The van der Waals surface area contributed by atoms with E-state index in [1.807, 2.05) is 6.08 Å². The lowest BCUT2D eigenvalue weighted by Gasteiger charge is -2.22. The number of aliphatic hydroxyl groups is 2. The molecule has 2 aliphatic carbocycles. The number of carboxylic acids is 1. The zero-order valence-corrected chi connectivity index (χ0v) is 18.4. The maximum Gasteiger partial charge on any atom is 0.303 e. The average Bonchev–Trinajstić information content (AvgIpc) is 3.15. The second-order valence-electron chi connectivity index (χ2n) is 9.47. The minimum absolute atomic E-state index is 0.148. The fourth-order valence-corrected chi connectivity index (χ4v) is 4.96. The third kappa shape index (κ3) is 7.65. The Labute approximate surface area is 176 Å². The molecular formula is C25H40O4. The smallest absolute Gasteiger partial charge is 0.303 e. The Kier molecular flexibility index (Phi) is 9.48. The van der Waals surface area contributed by atoms with Gasteiger partial charge in [0.05, 0.1) is 11.9 Å². The van der Waals surface area contributed by atoms with E-state index in [0.29, 0.717) is 29.9 Å². The molecule has 5 atom stereocenters. The second kappa shape index (κ2) is 11.6. The van der Waals surface area contributed by atoms with Crippen molar-refractivity contribution in [2.75, 3.05) is 0 Å². The lowest BCUT2D eigenvalue weighted by molar-refractivity contribution is -0.137. The van der Waals surface area contributed by atoms with Gasteiger partial charge in [0.25, 0.3) is 0 Å². The van der Waals surface area contributed by atoms with E-state index < -0.39 is 12.1 Å². The van der Waals surface area contributed by atoms with Crippen molar-refractivity contribution in [2.45, 2.75) is 91.1 Å². The van der Waals surface area contributed by atoms with Crippen molar-refractivity contribution < 1.29 is 20.1 Å². The van der Waals surface area contributed by atoms with Crippen molar-refractivity contribution in [3.63, 3.8) is 0 Å². The minimum Gasteiger partial charge on any atom is -0.512 e. The van der Waals surface area contributed by atoms with Gasteiger partial charge in [-0.3, -0.25) is 4.79 Å². The van der Waals surface area contributed by atoms with E-state index >= 15 is 0 Å². The van der Waals surface area contributed by atoms with Crippen molar-refractivity contribution in [1.29, 1.82) is 0 Å². The van der Waals surface area contributed by atoms with E-state index in [1.165, 1.54) is 17.6 Å². The largest absolute Gasteiger partial charge is 0.512 e. The molecule has 1 saturated carbocycles. The zero-order valence-electron chi connectivity index (χ0n) is 18.4. The van der Waals surface area contributed by atoms with Crippen LogP contribution in [0.3, 0.4) is 0 Å². The molecule has 4 heteroatoms. The van der Waals surface area contributed by atoms with E-state index in [0.717, 1.165) is 44.9 Å². The maximum absolute atomic E-state index is 10.7. The van der Waals surface area contributed by atoms with Crippen LogP contribution in [0.15, 0.2) is 35.1 Å². The molecule has 2 rings (SSSR count). The molecule has 0 aromatic heterocycles. The topological polar surface area (TPSA) is 77.8 Å². The highest BCUT2D eigenvalue weighted by molar-refractivity contribution is 5.66. The van der Waals surface area contributed by atoms with Crippen LogP contribution in [0.1, 0.15) is 85.0 Å². The summed E-state index contributed by atoms with van der Waals surface area (Å²) in [6.07, 6.45) is 14.8. The highest BCUT2D eigenvalue weighted by Crippen LogP contribution is 2.49. The lowest BCUT2D eigenvalue weighted by Crippen LogP contribution is -2.22. The van der Waals surface area contributed by atoms with Gasteiger partial charge in [0.15, 0.2) is 0 Å². The number of hydrogen-bond donors (Lipinski definition) is 3. The van der Waals surface area contributed by atoms with Crippen LogP contribution in [0.2, 0.25) is 0 Å². The Morgan fingerprint density at radius 1 is 1.21 bits per heavy atom. The first kappa shape index (κ1) is 23.7. The van der Waals surface area contributed by atoms with Crippen LogP contribution in [0.5, 0.6) is 0 Å². The van der Waals surface area contributed by atoms with E-state index in [-0.39, 0.29) is 12.3 Å². The molecule has 29 heavy (non-hydrogen) atoms. The number of aliphatic hydroxyl groups excluding tert-OH is 2. The fourth-order valence-electron chi connectivity index (χ4n) is 4.96. The molecule has 0 aromatic rings. The van der Waals surface area contributed by atoms with Crippen LogP contribution >= 0.6 is 0 Å². The molecule has 0 heterocycles. The predicted octanol–water partition coefficient (Wildman–Crippen LogP) is 6.18. The molecule has 0 saturated heterocycles. The highest BCUT2D eigenvalue weighted by atomic mass is 16.4. The first-order valence-corrected chi connectivity index (χ1v) is 11.4. The monoisotopic (exact) mass is 404 g/mol. The van der Waals surface area contributed by atoms with Crippen LogP contribution in [0, 0.1) is 23.7 Å². The van der Waals surface area contributed by atoms with Gasteiger partial charge in [0, 0.05) is 12.3 Å². The summed E-state index contributed by atoms with van der Waals surface area (Å²) in [6, 6.07) is 0. The van der Waals surface area contributed by atoms with E-state index in [4.69, 9.17) is 5.11 Å². The SMILES string of the molecule is CC(C)=CCCCC(C)CC=C(O)[C@H]1[C@@H]2CC(CCCCC(=O)O)=C[C@@H]2C[C@@H]1O. The van der Waals surface area contributed by atoms with Gasteiger partial charge >= 0.3 is 5.97 Å². The van der Waals surface area contributed by atoms with Crippen molar-refractivity contribution in [2.24, 2.45) is 23.7 Å². The summed E-state index contributed by atoms with van der Waals surface area (Å²) < 4.78 is 0. The lowest BCUT2D eigenvalue weighted by atomic mass is 9.86. The molecule has 4 nitrogen and oxygen atoms in total. The van der Waals surface area contributed by atoms with Crippen LogP contribution in [-0.2, 0) is 4.79 Å². The Bertz CT molecular complexity index is 627. The standard InChI is InChI=1S/C25H40O4/c1-17(2)8-4-5-9-18(3)12-13-22(26)25-21-15-19(10-6-7-11-24(28)29)14-20(21)16-23(25)27/h8,13-14,18,20-21,23,25-27H,4-7,9-12,15-16H2,1-3H3,(H,28,29)/t18?,20-,21-,23+,25-/m1/s1. The number of carbonyl (C=O) groups is 1. The summed E-state index contributed by atoms with van der Waals surface area (Å²) in [5.74, 6) is 0.674. The number of carboxylic acid groups (broad SMARTS) is 1. The molecule has 2 aliphatic rings. The van der Waals surface area contributed by atoms with Crippen molar-refractivity contribution in [3.8, 4) is 0 Å². The average molecular weight is 405 g/mol. The van der Waals surface area contributed by atoms with Crippen LogP contribution in [0.25, 0.3) is 0 Å². The van der Waals surface area contributed by atoms with Gasteiger partial charge in [-0.05, 0) is 89.0 Å². The van der Waals surface area contributed by atoms with Gasteiger partial charge in [0.2, 0.25) is 0 Å². The molecule has 0 radical (unpaired) electrons. The number of unbranched alkanes of at least 4 members (excludes halogenated alkanes) is 2. The summed E-state index contributed by atoms with van der Waals surface area (Å²) in [5.41, 5.74) is 2.74. The quantitative estimate of drug-likeness (QED) is 0.206. The molecule has 164 valence electrons. The molecule has 3 N–H and O–H groups in total. The van der Waals surface area contributed by atoms with E-state index in [1.54, 1.807) is 0 Å². The summed E-state index contributed by atoms with van der Waals surface area (Å²) in [5, 5.41) is 30.0. The van der Waals surface area contributed by atoms with Gasteiger partial charge in [0.1, 0.15) is 0 Å². The molecule has 1 unspecified atom stereocenters. The van der Waals surface area contributed by atoms with Crippen molar-refractivity contribution in [3.05, 3.63) is 35.1 Å². The number of allylic oxidation sites excluding steroid dienone is 5. The van der Waals surface area contributed by atoms with Crippen LogP contribution < -0.4 is 0 Å². The fraction of sp³-hybridized carbons (Fsp3) is 0.720. The van der Waals surface area contributed by atoms with Gasteiger partial charge in [-0.2, -0.15) is 0 Å². The molecule has 0 aromatic carbocycles. The summed E-state index contributed by atoms with van der Waals surface area (Å²) >= 11 is 0. The van der Waals surface area contributed by atoms with Crippen molar-refractivity contribution >= 4 is 5.97 Å². The van der Waals surface area contributed by atoms with Gasteiger partial charge in [-0.15, -0.1) is 0 Å². The van der Waals surface area contributed by atoms with Gasteiger partial charge < -0.3 is 15.3 Å². The number of fused-ring (bicyclic) bond motifs is 1. The summed E-state index contributed by atoms with van der Waals surface area (Å²) in [6.45, 7) is 6.49. The third-order valence-electron chi connectivity index (χ3n) is 6.55. The van der Waals surface area contributed by atoms with E-state index in [2.05, 4.69) is 32.9 Å². The maximum atomic E-state index is 10.7. The van der Waals surface area contributed by atoms with Gasteiger partial charge in [-0.25, -0.2) is 0 Å². The Morgan fingerprint density at radius 2 is 1.97 bits per heavy atom. The predicted molar refractivity (Wildman–Crippen MR) is 118 cm³/mol. The Hall–Kier alpha value is -1.55. The number of rotatable bonds is 12. The number of hydrogen-bond acceptors (Lipinski definition) is 3. The van der Waals surface area contributed by atoms with Crippen LogP contribution in [0.4, 0.5) is 0 Å². The second-order valence-corrected chi connectivity index (χ2v) is 9.47. The third-order valence-corrected chi connectivity index (χ3v) is 6.55. The van der Waals surface area contributed by atoms with Crippen LogP contribution in [-0.4, -0.2) is 27.4 Å².